The molecule has 1 aromatic rings. The van der Waals surface area contributed by atoms with Gasteiger partial charge in [-0.1, -0.05) is 23.7 Å². The quantitative estimate of drug-likeness (QED) is 0.705. The zero-order valence-electron chi connectivity index (χ0n) is 7.56. The molecule has 0 radical (unpaired) electrons. The van der Waals surface area contributed by atoms with Crippen molar-refractivity contribution >= 4 is 24.0 Å². The molecule has 0 spiro atoms. The third kappa shape index (κ3) is 1.98. The number of rotatable bonds is 0. The van der Waals surface area contributed by atoms with Crippen LogP contribution in [0.1, 0.15) is 16.7 Å². The summed E-state index contributed by atoms with van der Waals surface area (Å²) in [5, 5.41) is 4.27. The lowest BCUT2D eigenvalue weighted by atomic mass is 9.99. The topological polar surface area (TPSA) is 12.0 Å². The lowest BCUT2D eigenvalue weighted by Crippen LogP contribution is -2.23. The minimum atomic E-state index is 0. The van der Waals surface area contributed by atoms with Gasteiger partial charge in [-0.3, -0.25) is 0 Å². The number of hydrogen-bond donors (Lipinski definition) is 1. The second-order valence-corrected chi connectivity index (χ2v) is 3.64. The molecule has 1 nitrogen and oxygen atoms in total. The van der Waals surface area contributed by atoms with Crippen molar-refractivity contribution in [3.63, 3.8) is 0 Å². The summed E-state index contributed by atoms with van der Waals surface area (Å²) >= 11 is 6.17. The highest BCUT2D eigenvalue weighted by atomic mass is 35.5. The first-order valence-corrected chi connectivity index (χ1v) is 4.64. The van der Waals surface area contributed by atoms with Crippen molar-refractivity contribution in [1.29, 1.82) is 0 Å². The van der Waals surface area contributed by atoms with Crippen LogP contribution in [0.15, 0.2) is 12.1 Å². The highest BCUT2D eigenvalue weighted by molar-refractivity contribution is 6.32. The molecule has 72 valence electrons. The van der Waals surface area contributed by atoms with E-state index in [4.69, 9.17) is 11.6 Å². The smallest absolute Gasteiger partial charge is 0.0482 e. The Balaban J connectivity index is 0.000000845. The summed E-state index contributed by atoms with van der Waals surface area (Å²) in [7, 11) is 0. The highest BCUT2D eigenvalue weighted by Crippen LogP contribution is 2.26. The molecule has 1 N–H and O–H groups in total. The molecular weight excluding hydrogens is 205 g/mol. The Bertz CT molecular complexity index is 310. The van der Waals surface area contributed by atoms with Crippen LogP contribution in [0.2, 0.25) is 5.02 Å². The van der Waals surface area contributed by atoms with Gasteiger partial charge in [0.2, 0.25) is 0 Å². The van der Waals surface area contributed by atoms with Crippen LogP contribution in [0, 0.1) is 6.92 Å². The van der Waals surface area contributed by atoms with Crippen LogP contribution in [0.3, 0.4) is 0 Å². The molecule has 3 heteroatoms. The van der Waals surface area contributed by atoms with Gasteiger partial charge in [0.1, 0.15) is 0 Å². The Morgan fingerprint density at radius 3 is 2.92 bits per heavy atom. The van der Waals surface area contributed by atoms with Crippen LogP contribution in [0.4, 0.5) is 0 Å². The van der Waals surface area contributed by atoms with Crippen molar-refractivity contribution in [2.45, 2.75) is 19.9 Å². The lowest BCUT2D eigenvalue weighted by Gasteiger charge is -2.19. The van der Waals surface area contributed by atoms with Crippen LogP contribution in [-0.4, -0.2) is 6.54 Å². The number of halogens is 2. The Morgan fingerprint density at radius 2 is 2.15 bits per heavy atom. The molecule has 0 fully saturated rings. The summed E-state index contributed by atoms with van der Waals surface area (Å²) in [6.07, 6.45) is 1.11. The molecule has 0 atom stereocenters. The fourth-order valence-electron chi connectivity index (χ4n) is 1.64. The molecule has 0 unspecified atom stereocenters. The Kier molecular flexibility index (Phi) is 3.60. The van der Waals surface area contributed by atoms with Gasteiger partial charge >= 0.3 is 0 Å². The lowest BCUT2D eigenvalue weighted by molar-refractivity contribution is 0.643. The summed E-state index contributed by atoms with van der Waals surface area (Å²) in [6, 6.07) is 4.30. The van der Waals surface area contributed by atoms with Crippen LogP contribution in [0.5, 0.6) is 0 Å². The van der Waals surface area contributed by atoms with E-state index in [0.717, 1.165) is 24.5 Å². The Morgan fingerprint density at radius 1 is 1.38 bits per heavy atom. The first-order valence-electron chi connectivity index (χ1n) is 4.26. The molecule has 13 heavy (non-hydrogen) atoms. The number of benzene rings is 1. The predicted molar refractivity (Wildman–Crippen MR) is 58.8 cm³/mol. The molecule has 0 bridgehead atoms. The fraction of sp³-hybridized carbons (Fsp3) is 0.400. The number of aryl methyl sites for hydroxylation is 1. The van der Waals surface area contributed by atoms with Crippen molar-refractivity contribution in [2.24, 2.45) is 0 Å². The maximum atomic E-state index is 6.17. The molecule has 0 saturated heterocycles. The maximum absolute atomic E-state index is 6.17. The highest BCUT2D eigenvalue weighted by Gasteiger charge is 2.12. The van der Waals surface area contributed by atoms with Gasteiger partial charge in [0.05, 0.1) is 0 Å². The summed E-state index contributed by atoms with van der Waals surface area (Å²) in [5.41, 5.74) is 3.88. The number of nitrogens with one attached hydrogen (secondary N) is 1. The molecule has 1 aromatic carbocycles. The standard InChI is InChI=1S/C10H12ClN.ClH/c1-7-2-3-8-4-5-12-6-9(8)10(7)11;/h2-3,12H,4-6H2,1H3;1H. The predicted octanol–water partition coefficient (Wildman–Crippen LogP) is 2.72. The van der Waals surface area contributed by atoms with Crippen molar-refractivity contribution in [3.8, 4) is 0 Å². The first-order chi connectivity index (χ1) is 5.79. The minimum absolute atomic E-state index is 0. The third-order valence-corrected chi connectivity index (χ3v) is 2.93. The average Bonchev–Trinajstić information content (AvgIpc) is 2.12. The SMILES string of the molecule is Cc1ccc2c(c1Cl)CNCC2.Cl. The van der Waals surface area contributed by atoms with Gasteiger partial charge in [0.15, 0.2) is 0 Å². The van der Waals surface area contributed by atoms with Gasteiger partial charge in [0, 0.05) is 11.6 Å². The van der Waals surface area contributed by atoms with Gasteiger partial charge in [-0.05, 0) is 36.6 Å². The fourth-order valence-corrected chi connectivity index (χ4v) is 1.89. The van der Waals surface area contributed by atoms with Crippen LogP contribution < -0.4 is 5.32 Å². The van der Waals surface area contributed by atoms with E-state index in [2.05, 4.69) is 24.4 Å². The van der Waals surface area contributed by atoms with Crippen molar-refractivity contribution in [3.05, 3.63) is 33.8 Å². The monoisotopic (exact) mass is 217 g/mol. The second-order valence-electron chi connectivity index (χ2n) is 3.26. The molecular formula is C10H13Cl2N. The maximum Gasteiger partial charge on any atom is 0.0482 e. The van der Waals surface area contributed by atoms with Crippen molar-refractivity contribution in [1.82, 2.24) is 5.32 Å². The van der Waals surface area contributed by atoms with E-state index in [1.807, 2.05) is 0 Å². The van der Waals surface area contributed by atoms with E-state index < -0.39 is 0 Å². The van der Waals surface area contributed by atoms with E-state index in [1.165, 1.54) is 16.7 Å². The first kappa shape index (κ1) is 10.8. The van der Waals surface area contributed by atoms with E-state index >= 15 is 0 Å². The van der Waals surface area contributed by atoms with Crippen molar-refractivity contribution < 1.29 is 0 Å². The summed E-state index contributed by atoms with van der Waals surface area (Å²) in [4.78, 5) is 0. The largest absolute Gasteiger partial charge is 0.312 e. The van der Waals surface area contributed by atoms with Crippen LogP contribution in [-0.2, 0) is 13.0 Å². The van der Waals surface area contributed by atoms with Crippen molar-refractivity contribution in [2.75, 3.05) is 6.54 Å². The number of hydrogen-bond acceptors (Lipinski definition) is 1. The molecule has 1 aliphatic heterocycles. The van der Waals surface area contributed by atoms with E-state index in [-0.39, 0.29) is 12.4 Å². The van der Waals surface area contributed by atoms with E-state index in [0.29, 0.717) is 0 Å². The van der Waals surface area contributed by atoms with E-state index in [9.17, 15) is 0 Å². The van der Waals surface area contributed by atoms with Crippen LogP contribution >= 0.6 is 24.0 Å². The van der Waals surface area contributed by atoms with Gasteiger partial charge in [-0.15, -0.1) is 12.4 Å². The van der Waals surface area contributed by atoms with Gasteiger partial charge in [-0.2, -0.15) is 0 Å². The average molecular weight is 218 g/mol. The van der Waals surface area contributed by atoms with Crippen LogP contribution in [0.25, 0.3) is 0 Å². The zero-order valence-corrected chi connectivity index (χ0v) is 9.13. The van der Waals surface area contributed by atoms with Gasteiger partial charge in [0.25, 0.3) is 0 Å². The van der Waals surface area contributed by atoms with Gasteiger partial charge < -0.3 is 5.32 Å². The Hall–Kier alpha value is -0.240. The second kappa shape index (κ2) is 4.32. The summed E-state index contributed by atoms with van der Waals surface area (Å²) < 4.78 is 0. The van der Waals surface area contributed by atoms with E-state index in [1.54, 1.807) is 0 Å². The third-order valence-electron chi connectivity index (χ3n) is 2.41. The zero-order chi connectivity index (χ0) is 8.55. The summed E-state index contributed by atoms with van der Waals surface area (Å²) in [6.45, 7) is 4.06. The molecule has 1 aliphatic rings. The molecule has 0 saturated carbocycles. The molecule has 0 aromatic heterocycles. The van der Waals surface area contributed by atoms with Gasteiger partial charge in [-0.25, -0.2) is 0 Å². The molecule has 1 heterocycles. The Labute approximate surface area is 89.9 Å². The summed E-state index contributed by atoms with van der Waals surface area (Å²) in [5.74, 6) is 0. The molecule has 0 amide bonds. The molecule has 2 rings (SSSR count). The number of fused-ring (bicyclic) bond motifs is 1. The minimum Gasteiger partial charge on any atom is -0.312 e. The normalized spacial score (nSPS) is 14.6. The molecule has 0 aliphatic carbocycles.